The second-order valence-electron chi connectivity index (χ2n) is 6.40. The van der Waals surface area contributed by atoms with Gasteiger partial charge in [0.1, 0.15) is 22.1 Å². The maximum atomic E-state index is 13.3. The Morgan fingerprint density at radius 2 is 0.938 bits per heavy atom. The molecule has 0 aliphatic carbocycles. The van der Waals surface area contributed by atoms with Crippen molar-refractivity contribution in [2.45, 2.75) is 40.9 Å². The fourth-order valence-corrected chi connectivity index (χ4v) is 6.38. The van der Waals surface area contributed by atoms with Gasteiger partial charge in [0, 0.05) is 6.92 Å². The summed E-state index contributed by atoms with van der Waals surface area (Å²) in [7, 11) is -7.13. The van der Waals surface area contributed by atoms with Gasteiger partial charge in [-0.25, -0.2) is 0 Å². The van der Waals surface area contributed by atoms with E-state index in [-0.39, 0.29) is 26.4 Å². The summed E-state index contributed by atoms with van der Waals surface area (Å²) in [5.41, 5.74) is 0. The monoisotopic (exact) mass is 486 g/mol. The molecule has 0 fully saturated rings. The maximum absolute atomic E-state index is 13.3. The van der Waals surface area contributed by atoms with Crippen molar-refractivity contribution >= 4 is 25.8 Å². The molecule has 0 aromatic heterocycles. The van der Waals surface area contributed by atoms with E-state index in [2.05, 4.69) is 0 Å². The van der Waals surface area contributed by atoms with E-state index in [1.807, 2.05) is 0 Å². The van der Waals surface area contributed by atoms with Crippen molar-refractivity contribution < 1.29 is 36.7 Å². The molecule has 0 N–H and O–H groups in total. The van der Waals surface area contributed by atoms with Gasteiger partial charge in [-0.2, -0.15) is 0 Å². The Balaban J connectivity index is 2.32. The van der Waals surface area contributed by atoms with Crippen molar-refractivity contribution in [2.75, 3.05) is 26.4 Å². The third-order valence-corrected chi connectivity index (χ3v) is 8.41. The molecule has 32 heavy (non-hydrogen) atoms. The van der Waals surface area contributed by atoms with Gasteiger partial charge in [0.15, 0.2) is 0 Å². The Bertz CT molecular complexity index is 854. The molecule has 2 rings (SSSR count). The van der Waals surface area contributed by atoms with Crippen LogP contribution in [0.3, 0.4) is 0 Å². The van der Waals surface area contributed by atoms with Crippen LogP contribution in [0.25, 0.3) is 0 Å². The quantitative estimate of drug-likeness (QED) is 0.264. The van der Waals surface area contributed by atoms with Crippen LogP contribution in [-0.4, -0.2) is 32.7 Å². The van der Waals surface area contributed by atoms with E-state index in [0.29, 0.717) is 22.1 Å². The van der Waals surface area contributed by atoms with E-state index in [9.17, 15) is 9.13 Å². The van der Waals surface area contributed by atoms with Crippen LogP contribution in [0.5, 0.6) is 11.5 Å². The molecule has 0 radical (unpaired) electrons. The molecule has 8 nitrogen and oxygen atoms in total. The van der Waals surface area contributed by atoms with Gasteiger partial charge in [0.2, 0.25) is 6.29 Å². The number of hydrogen-bond acceptors (Lipinski definition) is 8. The lowest BCUT2D eigenvalue weighted by molar-refractivity contribution is 0.0236. The van der Waals surface area contributed by atoms with E-state index in [0.717, 1.165) is 0 Å². The molecule has 0 bridgehead atoms. The summed E-state index contributed by atoms with van der Waals surface area (Å²) in [6.45, 7) is 9.51. The molecule has 0 aliphatic rings. The zero-order valence-corrected chi connectivity index (χ0v) is 21.0. The summed E-state index contributed by atoms with van der Waals surface area (Å²) in [4.78, 5) is 0. The Labute approximate surface area is 190 Å². The Hall–Kier alpha value is -1.66. The summed E-state index contributed by atoms with van der Waals surface area (Å²) in [6, 6.07) is 13.6. The fraction of sp³-hybridized carbons (Fsp3) is 0.455. The summed E-state index contributed by atoms with van der Waals surface area (Å²) in [5.74, 6) is 0.612. The molecule has 0 aliphatic heterocycles. The van der Waals surface area contributed by atoms with E-state index < -0.39 is 21.5 Å². The number of hydrogen-bond donors (Lipinski definition) is 0. The van der Waals surface area contributed by atoms with Crippen molar-refractivity contribution in [1.29, 1.82) is 0 Å². The second kappa shape index (κ2) is 12.5. The van der Waals surface area contributed by atoms with E-state index in [1.54, 1.807) is 83.1 Å². The molecule has 2 aromatic rings. The third kappa shape index (κ3) is 6.67. The lowest BCUT2D eigenvalue weighted by Crippen LogP contribution is -2.26. The van der Waals surface area contributed by atoms with Crippen molar-refractivity contribution in [2.24, 2.45) is 0 Å². The fourth-order valence-electron chi connectivity index (χ4n) is 2.98. The lowest BCUT2D eigenvalue weighted by atomic mass is 10.3. The standard InChI is InChI=1S/C22H32O8P2/c1-6-25-31(23,26-7-2)21-16-12-10-14-19(21)29-18(5)30-20-15-11-13-17-22(20)32(24,27-8-3)28-9-4/h10-18H,6-9H2,1-5H3. The first-order valence-corrected chi connectivity index (χ1v) is 13.7. The van der Waals surface area contributed by atoms with Gasteiger partial charge in [-0.3, -0.25) is 9.13 Å². The van der Waals surface area contributed by atoms with Crippen LogP contribution < -0.4 is 20.1 Å². The molecule has 0 saturated carbocycles. The highest BCUT2D eigenvalue weighted by Gasteiger charge is 2.33. The number of benzene rings is 2. The lowest BCUT2D eigenvalue weighted by Gasteiger charge is -2.24. The van der Waals surface area contributed by atoms with Crippen LogP contribution in [0, 0.1) is 0 Å². The smallest absolute Gasteiger partial charge is 0.365 e. The Morgan fingerprint density at radius 1 is 0.625 bits per heavy atom. The number of rotatable bonds is 14. The number of ether oxygens (including phenoxy) is 2. The molecule has 0 heterocycles. The molecule has 2 aromatic carbocycles. The summed E-state index contributed by atoms with van der Waals surface area (Å²) in [6.07, 6.45) is -0.828. The molecule has 0 unspecified atom stereocenters. The van der Waals surface area contributed by atoms with E-state index >= 15 is 0 Å². The molecule has 0 saturated heterocycles. The second-order valence-corrected chi connectivity index (χ2v) is 10.4. The summed E-state index contributed by atoms with van der Waals surface area (Å²) in [5, 5.41) is 0.614. The van der Waals surface area contributed by atoms with Gasteiger partial charge >= 0.3 is 15.2 Å². The topological polar surface area (TPSA) is 89.5 Å². The first kappa shape index (κ1) is 26.6. The van der Waals surface area contributed by atoms with Gasteiger partial charge < -0.3 is 27.6 Å². The van der Waals surface area contributed by atoms with Crippen LogP contribution in [0.15, 0.2) is 48.5 Å². The molecule has 178 valence electrons. The highest BCUT2D eigenvalue weighted by atomic mass is 31.2. The van der Waals surface area contributed by atoms with Crippen LogP contribution in [0.2, 0.25) is 0 Å². The van der Waals surface area contributed by atoms with E-state index in [4.69, 9.17) is 27.6 Å². The molecule has 0 atom stereocenters. The first-order valence-electron chi connectivity index (χ1n) is 10.6. The van der Waals surface area contributed by atoms with Crippen LogP contribution in [-0.2, 0) is 27.2 Å². The SMILES string of the molecule is CCOP(=O)(OCC)c1ccccc1OC(C)Oc1ccccc1P(=O)(OCC)OCC. The van der Waals surface area contributed by atoms with Gasteiger partial charge in [-0.1, -0.05) is 24.3 Å². The molecule has 0 amide bonds. The van der Waals surface area contributed by atoms with Gasteiger partial charge in [0.25, 0.3) is 0 Å². The molecular formula is C22H32O8P2. The zero-order chi connectivity index (χ0) is 23.6. The minimum Gasteiger partial charge on any atom is -0.454 e. The average molecular weight is 486 g/mol. The van der Waals surface area contributed by atoms with Gasteiger partial charge in [0.05, 0.1) is 26.4 Å². The predicted octanol–water partition coefficient (Wildman–Crippen LogP) is 5.27. The average Bonchev–Trinajstić information content (AvgIpc) is 2.75. The Morgan fingerprint density at radius 3 is 1.25 bits per heavy atom. The van der Waals surface area contributed by atoms with Crippen molar-refractivity contribution in [3.05, 3.63) is 48.5 Å². The van der Waals surface area contributed by atoms with Crippen LogP contribution in [0.4, 0.5) is 0 Å². The third-order valence-electron chi connectivity index (χ3n) is 4.10. The van der Waals surface area contributed by atoms with Crippen LogP contribution in [0.1, 0.15) is 34.6 Å². The Kier molecular flexibility index (Phi) is 10.4. The highest BCUT2D eigenvalue weighted by Crippen LogP contribution is 2.50. The molecular weight excluding hydrogens is 454 g/mol. The van der Waals surface area contributed by atoms with Crippen molar-refractivity contribution in [1.82, 2.24) is 0 Å². The largest absolute Gasteiger partial charge is 0.454 e. The molecule has 10 heteroatoms. The zero-order valence-electron chi connectivity index (χ0n) is 19.2. The van der Waals surface area contributed by atoms with Gasteiger partial charge in [-0.05, 0) is 52.0 Å². The predicted molar refractivity (Wildman–Crippen MR) is 125 cm³/mol. The molecule has 0 spiro atoms. The number of para-hydroxylation sites is 2. The minimum absolute atomic E-state index is 0.217. The normalized spacial score (nSPS) is 12.2. The van der Waals surface area contributed by atoms with Crippen molar-refractivity contribution in [3.63, 3.8) is 0 Å². The summed E-state index contributed by atoms with van der Waals surface area (Å²) >= 11 is 0. The highest BCUT2D eigenvalue weighted by molar-refractivity contribution is 7.62. The van der Waals surface area contributed by atoms with Crippen molar-refractivity contribution in [3.8, 4) is 11.5 Å². The maximum Gasteiger partial charge on any atom is 0.365 e. The van der Waals surface area contributed by atoms with E-state index in [1.165, 1.54) is 0 Å². The minimum atomic E-state index is -3.57. The first-order chi connectivity index (χ1) is 15.3. The van der Waals surface area contributed by atoms with Crippen LogP contribution >= 0.6 is 15.2 Å². The van der Waals surface area contributed by atoms with Gasteiger partial charge in [-0.15, -0.1) is 0 Å². The summed E-state index contributed by atoms with van der Waals surface area (Å²) < 4.78 is 60.3.